The molecule has 0 N–H and O–H groups in total. The molecule has 0 saturated carbocycles. The summed E-state index contributed by atoms with van der Waals surface area (Å²) in [5, 5.41) is 11.0. The molecule has 0 aliphatic carbocycles. The van der Waals surface area contributed by atoms with Crippen LogP contribution in [0.4, 0.5) is 5.69 Å². The van der Waals surface area contributed by atoms with E-state index in [1.807, 2.05) is 0 Å². The first kappa shape index (κ1) is 26.5. The van der Waals surface area contributed by atoms with Crippen molar-refractivity contribution < 1.29 is 28.7 Å². The van der Waals surface area contributed by atoms with Crippen LogP contribution in [0, 0.1) is 10.1 Å². The zero-order chi connectivity index (χ0) is 27.6. The van der Waals surface area contributed by atoms with Crippen LogP contribution >= 0.6 is 11.3 Å². The van der Waals surface area contributed by atoms with Crippen molar-refractivity contribution in [2.45, 2.75) is 26.8 Å². The van der Waals surface area contributed by atoms with Crippen LogP contribution in [0.5, 0.6) is 11.5 Å². The van der Waals surface area contributed by atoms with Crippen molar-refractivity contribution in [2.75, 3.05) is 13.7 Å². The quantitative estimate of drug-likeness (QED) is 0.194. The molecule has 38 heavy (non-hydrogen) atoms. The fourth-order valence-corrected chi connectivity index (χ4v) is 5.09. The number of nitro groups is 1. The molecule has 1 unspecified atom stereocenters. The van der Waals surface area contributed by atoms with Gasteiger partial charge in [-0.1, -0.05) is 17.4 Å². The summed E-state index contributed by atoms with van der Waals surface area (Å²) in [5.74, 6) is -0.721. The van der Waals surface area contributed by atoms with Gasteiger partial charge in [-0.05, 0) is 55.3 Å². The molecule has 0 radical (unpaired) electrons. The standard InChI is InChI=1S/C26H23N3O8S/c1-5-36-25(32)22-14(2)27-26-28(23(22)17-8-11-19(37-15(3)30)20(13-17)35-4)24(31)21(38-26)12-16-6-9-18(10-7-16)29(33)34/h6-13,23H,5H2,1-4H3. The number of allylic oxidation sites excluding steroid dienone is 1. The van der Waals surface area contributed by atoms with Gasteiger partial charge in [0, 0.05) is 19.1 Å². The number of rotatable bonds is 7. The van der Waals surface area contributed by atoms with Gasteiger partial charge in [0.05, 0.1) is 40.5 Å². The van der Waals surface area contributed by atoms with Crippen molar-refractivity contribution in [3.05, 3.63) is 94.7 Å². The van der Waals surface area contributed by atoms with Crippen LogP contribution in [-0.2, 0) is 14.3 Å². The number of thiazole rings is 1. The minimum Gasteiger partial charge on any atom is -0.493 e. The molecule has 0 fully saturated rings. The number of ether oxygens (including phenoxy) is 3. The van der Waals surface area contributed by atoms with Crippen LogP contribution < -0.4 is 24.4 Å². The Bertz CT molecular complexity index is 1650. The fourth-order valence-electron chi connectivity index (χ4n) is 4.04. The van der Waals surface area contributed by atoms with Crippen LogP contribution in [0.2, 0.25) is 0 Å². The van der Waals surface area contributed by atoms with Crippen molar-refractivity contribution in [3.63, 3.8) is 0 Å². The Morgan fingerprint density at radius 1 is 1.18 bits per heavy atom. The summed E-state index contributed by atoms with van der Waals surface area (Å²) in [6.45, 7) is 4.74. The zero-order valence-electron chi connectivity index (χ0n) is 20.9. The summed E-state index contributed by atoms with van der Waals surface area (Å²) in [4.78, 5) is 53.6. The normalized spacial score (nSPS) is 14.9. The molecule has 1 atom stereocenters. The fraction of sp³-hybridized carbons (Fsp3) is 0.231. The number of benzene rings is 2. The number of aromatic nitrogens is 1. The largest absolute Gasteiger partial charge is 0.493 e. The van der Waals surface area contributed by atoms with Gasteiger partial charge in [-0.3, -0.25) is 24.3 Å². The number of esters is 2. The van der Waals surface area contributed by atoms with Crippen molar-refractivity contribution in [1.29, 1.82) is 0 Å². The zero-order valence-corrected chi connectivity index (χ0v) is 21.7. The van der Waals surface area contributed by atoms with E-state index in [0.717, 1.165) is 11.3 Å². The van der Waals surface area contributed by atoms with Crippen molar-refractivity contribution in [3.8, 4) is 11.5 Å². The number of nitro benzene ring substituents is 1. The van der Waals surface area contributed by atoms with Gasteiger partial charge in [0.1, 0.15) is 0 Å². The van der Waals surface area contributed by atoms with E-state index >= 15 is 0 Å². The van der Waals surface area contributed by atoms with E-state index in [4.69, 9.17) is 14.2 Å². The van der Waals surface area contributed by atoms with Crippen molar-refractivity contribution in [1.82, 2.24) is 4.57 Å². The molecule has 3 aromatic rings. The third kappa shape index (κ3) is 5.11. The highest BCUT2D eigenvalue weighted by Gasteiger charge is 2.34. The van der Waals surface area contributed by atoms with Crippen molar-refractivity contribution in [2.24, 2.45) is 4.99 Å². The molecule has 11 nitrogen and oxygen atoms in total. The Kier molecular flexibility index (Phi) is 7.53. The molecule has 1 aliphatic rings. The minimum atomic E-state index is -0.899. The van der Waals surface area contributed by atoms with Crippen LogP contribution in [0.15, 0.2) is 63.5 Å². The number of methoxy groups -OCH3 is 1. The molecule has 0 amide bonds. The van der Waals surface area contributed by atoms with Crippen molar-refractivity contribution >= 4 is 35.0 Å². The molecule has 4 rings (SSSR count). The lowest BCUT2D eigenvalue weighted by Gasteiger charge is -2.25. The van der Waals surface area contributed by atoms with Crippen LogP contribution in [0.1, 0.15) is 37.9 Å². The van der Waals surface area contributed by atoms with Gasteiger partial charge in [0.15, 0.2) is 16.3 Å². The first-order valence-corrected chi connectivity index (χ1v) is 12.3. The third-order valence-corrected chi connectivity index (χ3v) is 6.66. The summed E-state index contributed by atoms with van der Waals surface area (Å²) in [6, 6.07) is 9.65. The molecule has 0 saturated heterocycles. The summed E-state index contributed by atoms with van der Waals surface area (Å²) >= 11 is 1.13. The highest BCUT2D eigenvalue weighted by atomic mass is 32.1. The first-order valence-electron chi connectivity index (χ1n) is 11.4. The van der Waals surface area contributed by atoms with Gasteiger partial charge in [-0.2, -0.15) is 0 Å². The first-order chi connectivity index (χ1) is 18.1. The molecular weight excluding hydrogens is 514 g/mol. The SMILES string of the molecule is CCOC(=O)C1=C(C)N=c2sc(=Cc3ccc([N+](=O)[O-])cc3)c(=O)n2C1c1ccc(OC(C)=O)c(OC)c1. The highest BCUT2D eigenvalue weighted by Crippen LogP contribution is 2.36. The average molecular weight is 538 g/mol. The molecule has 1 aliphatic heterocycles. The number of carbonyl (C=O) groups excluding carboxylic acids is 2. The summed E-state index contributed by atoms with van der Waals surface area (Å²) in [5.41, 5.74) is 1.20. The molecular formula is C26H23N3O8S. The monoisotopic (exact) mass is 537 g/mol. The second kappa shape index (κ2) is 10.8. The topological polar surface area (TPSA) is 139 Å². The second-order valence-electron chi connectivity index (χ2n) is 8.15. The number of non-ortho nitro benzene ring substituents is 1. The molecule has 2 heterocycles. The molecule has 2 aromatic carbocycles. The van der Waals surface area contributed by atoms with Gasteiger partial charge in [-0.25, -0.2) is 9.79 Å². The summed E-state index contributed by atoms with van der Waals surface area (Å²) < 4.78 is 17.6. The predicted molar refractivity (Wildman–Crippen MR) is 138 cm³/mol. The lowest BCUT2D eigenvalue weighted by molar-refractivity contribution is -0.384. The Hall–Kier alpha value is -4.58. The van der Waals surface area contributed by atoms with E-state index in [2.05, 4.69) is 4.99 Å². The maximum Gasteiger partial charge on any atom is 0.338 e. The molecule has 0 bridgehead atoms. The average Bonchev–Trinajstić information content (AvgIpc) is 3.17. The van der Waals surface area contributed by atoms with Gasteiger partial charge < -0.3 is 14.2 Å². The van der Waals surface area contributed by atoms with E-state index in [-0.39, 0.29) is 29.4 Å². The lowest BCUT2D eigenvalue weighted by atomic mass is 9.95. The number of nitrogens with zero attached hydrogens (tertiary/aromatic N) is 3. The van der Waals surface area contributed by atoms with Crippen LogP contribution in [0.3, 0.4) is 0 Å². The Morgan fingerprint density at radius 3 is 2.50 bits per heavy atom. The molecule has 1 aromatic heterocycles. The van der Waals surface area contributed by atoms with E-state index in [1.54, 1.807) is 44.2 Å². The van der Waals surface area contributed by atoms with E-state index in [9.17, 15) is 24.5 Å². The van der Waals surface area contributed by atoms with Crippen LogP contribution in [0.25, 0.3) is 6.08 Å². The highest BCUT2D eigenvalue weighted by molar-refractivity contribution is 7.07. The minimum absolute atomic E-state index is 0.0653. The molecule has 0 spiro atoms. The Labute approximate surface area is 220 Å². The Balaban J connectivity index is 1.92. The second-order valence-corrected chi connectivity index (χ2v) is 9.16. The maximum absolute atomic E-state index is 13.7. The van der Waals surface area contributed by atoms with Crippen LogP contribution in [-0.4, -0.2) is 35.1 Å². The predicted octanol–water partition coefficient (Wildman–Crippen LogP) is 2.64. The number of hydrogen-bond donors (Lipinski definition) is 0. The Morgan fingerprint density at radius 2 is 1.89 bits per heavy atom. The van der Waals surface area contributed by atoms with E-state index in [1.165, 1.54) is 36.8 Å². The van der Waals surface area contributed by atoms with Gasteiger partial charge in [0.25, 0.3) is 11.2 Å². The van der Waals surface area contributed by atoms with E-state index < -0.39 is 28.5 Å². The summed E-state index contributed by atoms with van der Waals surface area (Å²) in [6.07, 6.45) is 1.61. The smallest absolute Gasteiger partial charge is 0.338 e. The maximum atomic E-state index is 13.7. The summed E-state index contributed by atoms with van der Waals surface area (Å²) in [7, 11) is 1.41. The van der Waals surface area contributed by atoms with Gasteiger partial charge in [0.2, 0.25) is 0 Å². The van der Waals surface area contributed by atoms with E-state index in [0.29, 0.717) is 26.2 Å². The number of carbonyl (C=O) groups is 2. The third-order valence-electron chi connectivity index (χ3n) is 5.68. The lowest BCUT2D eigenvalue weighted by Crippen LogP contribution is -2.40. The molecule has 12 heteroatoms. The number of fused-ring (bicyclic) bond motifs is 1. The molecule has 196 valence electrons. The number of hydrogen-bond acceptors (Lipinski definition) is 10. The van der Waals surface area contributed by atoms with Gasteiger partial charge >= 0.3 is 11.9 Å². The van der Waals surface area contributed by atoms with Gasteiger partial charge in [-0.15, -0.1) is 0 Å².